The van der Waals surface area contributed by atoms with E-state index in [4.69, 9.17) is 0 Å². The average molecular weight is 223 g/mol. The van der Waals surface area contributed by atoms with E-state index in [1.54, 1.807) is 0 Å². The van der Waals surface area contributed by atoms with Crippen LogP contribution in [-0.2, 0) is 6.42 Å². The normalized spacial score (nSPS) is 16.4. The smallest absolute Gasteiger partial charge is 0.0914 e. The van der Waals surface area contributed by atoms with Gasteiger partial charge in [0.2, 0.25) is 0 Å². The molecule has 0 aliphatic carbocycles. The van der Waals surface area contributed by atoms with Gasteiger partial charge in [-0.2, -0.15) is 0 Å². The summed E-state index contributed by atoms with van der Waals surface area (Å²) in [4.78, 5) is 1.35. The molecule has 0 spiro atoms. The molecule has 0 aromatic heterocycles. The molecule has 0 bridgehead atoms. The van der Waals surface area contributed by atoms with E-state index in [1.807, 2.05) is 24.8 Å². The van der Waals surface area contributed by atoms with Gasteiger partial charge in [-0.1, -0.05) is 19.1 Å². The molecule has 1 atom stereocenters. The van der Waals surface area contributed by atoms with Gasteiger partial charge < -0.3 is 10.4 Å². The molecule has 2 rings (SSSR count). The first-order chi connectivity index (χ1) is 7.31. The Hall–Kier alpha value is -0.510. The molecule has 0 saturated carbocycles. The highest BCUT2D eigenvalue weighted by Gasteiger charge is 2.14. The maximum absolute atomic E-state index is 9.91. The zero-order chi connectivity index (χ0) is 10.7. The molecule has 1 unspecified atom stereocenters. The molecular formula is C12H17NOS. The summed E-state index contributed by atoms with van der Waals surface area (Å²) in [6, 6.07) is 6.33. The Bertz CT molecular complexity index is 340. The highest BCUT2D eigenvalue weighted by atomic mass is 32.2. The number of hydrogen-bond acceptors (Lipinski definition) is 3. The van der Waals surface area contributed by atoms with E-state index in [2.05, 4.69) is 17.4 Å². The molecule has 0 fully saturated rings. The Morgan fingerprint density at radius 2 is 2.40 bits per heavy atom. The predicted octanol–water partition coefficient (Wildman–Crippen LogP) is 1.98. The standard InChI is InChI=1S/C12H17NOS/c1-2-13-8-11(14)10-4-3-9-5-6-15-12(9)7-10/h3-4,7,11,13-14H,2,5-6,8H2,1H3. The first-order valence-corrected chi connectivity index (χ1v) is 6.44. The second-order valence-electron chi connectivity index (χ2n) is 3.79. The molecule has 2 N–H and O–H groups in total. The summed E-state index contributed by atoms with van der Waals surface area (Å²) in [5, 5.41) is 13.1. The molecule has 0 radical (unpaired) electrons. The largest absolute Gasteiger partial charge is 0.387 e. The number of aliphatic hydroxyl groups excluding tert-OH is 1. The Labute approximate surface area is 95.1 Å². The van der Waals surface area contributed by atoms with E-state index < -0.39 is 0 Å². The highest BCUT2D eigenvalue weighted by molar-refractivity contribution is 7.99. The molecule has 1 aliphatic heterocycles. The fraction of sp³-hybridized carbons (Fsp3) is 0.500. The lowest BCUT2D eigenvalue weighted by Crippen LogP contribution is -2.20. The lowest BCUT2D eigenvalue weighted by Gasteiger charge is -2.12. The fourth-order valence-corrected chi connectivity index (χ4v) is 2.91. The summed E-state index contributed by atoms with van der Waals surface area (Å²) < 4.78 is 0. The van der Waals surface area contributed by atoms with Crippen molar-refractivity contribution in [3.8, 4) is 0 Å². The fourth-order valence-electron chi connectivity index (χ4n) is 1.79. The number of benzene rings is 1. The van der Waals surface area contributed by atoms with Crippen molar-refractivity contribution in [1.29, 1.82) is 0 Å². The Balaban J connectivity index is 2.08. The van der Waals surface area contributed by atoms with Crippen LogP contribution in [0.15, 0.2) is 23.1 Å². The van der Waals surface area contributed by atoms with Crippen LogP contribution in [-0.4, -0.2) is 23.9 Å². The minimum absolute atomic E-state index is 0.378. The van der Waals surface area contributed by atoms with E-state index >= 15 is 0 Å². The van der Waals surface area contributed by atoms with E-state index in [1.165, 1.54) is 22.6 Å². The van der Waals surface area contributed by atoms with Crippen molar-refractivity contribution in [2.75, 3.05) is 18.8 Å². The third-order valence-electron chi connectivity index (χ3n) is 2.69. The SMILES string of the molecule is CCNCC(O)c1ccc2c(c1)SCC2. The number of likely N-dealkylation sites (N-methyl/N-ethyl adjacent to an activating group) is 1. The molecule has 1 heterocycles. The Morgan fingerprint density at radius 1 is 1.53 bits per heavy atom. The number of aliphatic hydroxyl groups is 1. The van der Waals surface area contributed by atoms with Gasteiger partial charge in [0.25, 0.3) is 0 Å². The second-order valence-corrected chi connectivity index (χ2v) is 4.93. The summed E-state index contributed by atoms with van der Waals surface area (Å²) in [7, 11) is 0. The Kier molecular flexibility index (Phi) is 3.67. The van der Waals surface area contributed by atoms with Crippen LogP contribution >= 0.6 is 11.8 Å². The molecule has 1 aromatic carbocycles. The number of thioether (sulfide) groups is 1. The molecule has 3 heteroatoms. The van der Waals surface area contributed by atoms with Crippen molar-refractivity contribution < 1.29 is 5.11 Å². The lowest BCUT2D eigenvalue weighted by molar-refractivity contribution is 0.175. The maximum Gasteiger partial charge on any atom is 0.0914 e. The Morgan fingerprint density at radius 3 is 3.20 bits per heavy atom. The molecule has 0 amide bonds. The second kappa shape index (κ2) is 5.01. The number of aryl methyl sites for hydroxylation is 1. The quantitative estimate of drug-likeness (QED) is 0.818. The van der Waals surface area contributed by atoms with E-state index in [0.717, 1.165) is 12.1 Å². The van der Waals surface area contributed by atoms with Crippen molar-refractivity contribution in [3.63, 3.8) is 0 Å². The summed E-state index contributed by atoms with van der Waals surface area (Å²) in [6.07, 6.45) is 0.792. The van der Waals surface area contributed by atoms with Gasteiger partial charge in [0.15, 0.2) is 0 Å². The summed E-state index contributed by atoms with van der Waals surface area (Å²) in [5.74, 6) is 1.18. The van der Waals surface area contributed by atoms with Crippen LogP contribution in [0.2, 0.25) is 0 Å². The van der Waals surface area contributed by atoms with Crippen LogP contribution in [0.1, 0.15) is 24.2 Å². The van der Waals surface area contributed by atoms with Crippen LogP contribution in [0.25, 0.3) is 0 Å². The molecule has 0 saturated heterocycles. The van der Waals surface area contributed by atoms with E-state index in [9.17, 15) is 5.11 Å². The summed E-state index contributed by atoms with van der Waals surface area (Å²) in [6.45, 7) is 3.59. The van der Waals surface area contributed by atoms with E-state index in [-0.39, 0.29) is 6.10 Å². The van der Waals surface area contributed by atoms with Gasteiger partial charge in [-0.25, -0.2) is 0 Å². The first kappa shape index (κ1) is 11.0. The minimum Gasteiger partial charge on any atom is -0.387 e. The van der Waals surface area contributed by atoms with Crippen molar-refractivity contribution in [1.82, 2.24) is 5.32 Å². The van der Waals surface area contributed by atoms with Gasteiger partial charge in [0.1, 0.15) is 0 Å². The topological polar surface area (TPSA) is 32.3 Å². The van der Waals surface area contributed by atoms with Gasteiger partial charge in [-0.15, -0.1) is 11.8 Å². The molecule has 82 valence electrons. The monoisotopic (exact) mass is 223 g/mol. The number of fused-ring (bicyclic) bond motifs is 1. The molecule has 15 heavy (non-hydrogen) atoms. The number of hydrogen-bond donors (Lipinski definition) is 2. The van der Waals surface area contributed by atoms with Crippen molar-refractivity contribution in [2.24, 2.45) is 0 Å². The molecule has 1 aliphatic rings. The van der Waals surface area contributed by atoms with Crippen LogP contribution < -0.4 is 5.32 Å². The number of rotatable bonds is 4. The van der Waals surface area contributed by atoms with Crippen molar-refractivity contribution in [3.05, 3.63) is 29.3 Å². The van der Waals surface area contributed by atoms with E-state index in [0.29, 0.717) is 6.54 Å². The van der Waals surface area contributed by atoms with Crippen LogP contribution in [0, 0.1) is 0 Å². The van der Waals surface area contributed by atoms with Crippen LogP contribution in [0.3, 0.4) is 0 Å². The van der Waals surface area contributed by atoms with Gasteiger partial charge in [-0.05, 0) is 30.2 Å². The summed E-state index contributed by atoms with van der Waals surface area (Å²) in [5.41, 5.74) is 2.46. The highest BCUT2D eigenvalue weighted by Crippen LogP contribution is 2.33. The van der Waals surface area contributed by atoms with Crippen molar-refractivity contribution >= 4 is 11.8 Å². The first-order valence-electron chi connectivity index (χ1n) is 5.45. The van der Waals surface area contributed by atoms with Gasteiger partial charge in [0.05, 0.1) is 6.10 Å². The lowest BCUT2D eigenvalue weighted by atomic mass is 10.1. The molecular weight excluding hydrogens is 206 g/mol. The van der Waals surface area contributed by atoms with Gasteiger partial charge in [0, 0.05) is 17.2 Å². The molecule has 2 nitrogen and oxygen atoms in total. The van der Waals surface area contributed by atoms with Gasteiger partial charge in [-0.3, -0.25) is 0 Å². The minimum atomic E-state index is -0.378. The van der Waals surface area contributed by atoms with Gasteiger partial charge >= 0.3 is 0 Å². The zero-order valence-electron chi connectivity index (χ0n) is 8.99. The van der Waals surface area contributed by atoms with Crippen LogP contribution in [0.4, 0.5) is 0 Å². The zero-order valence-corrected chi connectivity index (χ0v) is 9.81. The summed E-state index contributed by atoms with van der Waals surface area (Å²) >= 11 is 1.89. The maximum atomic E-state index is 9.91. The number of nitrogens with one attached hydrogen (secondary N) is 1. The van der Waals surface area contributed by atoms with Crippen LogP contribution in [0.5, 0.6) is 0 Å². The third-order valence-corrected chi connectivity index (χ3v) is 3.79. The average Bonchev–Trinajstić information content (AvgIpc) is 2.72. The third kappa shape index (κ3) is 2.54. The predicted molar refractivity (Wildman–Crippen MR) is 64.4 cm³/mol. The molecule has 1 aromatic rings. The van der Waals surface area contributed by atoms with Crippen molar-refractivity contribution in [2.45, 2.75) is 24.3 Å².